The van der Waals surface area contributed by atoms with E-state index in [4.69, 9.17) is 9.26 Å². The maximum atomic E-state index is 12.9. The van der Waals surface area contributed by atoms with Gasteiger partial charge in [0, 0.05) is 12.2 Å². The second-order valence-corrected chi connectivity index (χ2v) is 7.65. The van der Waals surface area contributed by atoms with E-state index in [9.17, 15) is 4.79 Å². The fourth-order valence-electron chi connectivity index (χ4n) is 3.60. The van der Waals surface area contributed by atoms with E-state index in [0.717, 1.165) is 36.3 Å². The van der Waals surface area contributed by atoms with Crippen LogP contribution in [0.2, 0.25) is 0 Å². The van der Waals surface area contributed by atoms with Crippen LogP contribution in [0.4, 0.5) is 10.5 Å². The monoisotopic (exact) mass is 406 g/mol. The van der Waals surface area contributed by atoms with E-state index in [0.29, 0.717) is 18.3 Å². The standard InChI is InChI=1S/C23H26N4O3/c1-16-9-11-19(12-10-16)29-15-21-25-22(26-30-21)20-8-3-4-13-27(20)23(28)24-18-7-5-6-17(2)14-18/h5-7,9-12,14,20H,3-4,8,13,15H2,1-2H3,(H,24,28). The third-order valence-corrected chi connectivity index (χ3v) is 5.20. The van der Waals surface area contributed by atoms with E-state index < -0.39 is 0 Å². The first-order chi connectivity index (χ1) is 14.6. The van der Waals surface area contributed by atoms with Gasteiger partial charge in [-0.15, -0.1) is 0 Å². The van der Waals surface area contributed by atoms with Crippen molar-refractivity contribution in [2.45, 2.75) is 45.8 Å². The van der Waals surface area contributed by atoms with Crippen LogP contribution in [0.15, 0.2) is 53.1 Å². The minimum Gasteiger partial charge on any atom is -0.484 e. The van der Waals surface area contributed by atoms with Crippen molar-refractivity contribution >= 4 is 11.7 Å². The van der Waals surface area contributed by atoms with Crippen LogP contribution < -0.4 is 10.1 Å². The molecule has 0 bridgehead atoms. The van der Waals surface area contributed by atoms with E-state index in [1.165, 1.54) is 5.56 Å². The lowest BCUT2D eigenvalue weighted by Crippen LogP contribution is -2.41. The number of carbonyl (C=O) groups excluding carboxylic acids is 1. The van der Waals surface area contributed by atoms with Crippen LogP contribution in [0.25, 0.3) is 0 Å². The number of piperidine rings is 1. The zero-order valence-corrected chi connectivity index (χ0v) is 17.3. The molecule has 1 fully saturated rings. The molecule has 2 amide bonds. The van der Waals surface area contributed by atoms with Crippen molar-refractivity contribution in [2.24, 2.45) is 0 Å². The molecule has 0 spiro atoms. The van der Waals surface area contributed by atoms with Gasteiger partial charge in [0.15, 0.2) is 12.4 Å². The number of amides is 2. The van der Waals surface area contributed by atoms with Gasteiger partial charge in [-0.3, -0.25) is 0 Å². The predicted molar refractivity (Wildman–Crippen MR) is 113 cm³/mol. The number of likely N-dealkylation sites (tertiary alicyclic amines) is 1. The third-order valence-electron chi connectivity index (χ3n) is 5.20. The van der Waals surface area contributed by atoms with Crippen LogP contribution in [0.3, 0.4) is 0 Å². The summed E-state index contributed by atoms with van der Waals surface area (Å²) in [6, 6.07) is 15.2. The Hall–Kier alpha value is -3.35. The minimum atomic E-state index is -0.208. The highest BCUT2D eigenvalue weighted by Crippen LogP contribution is 2.30. The van der Waals surface area contributed by atoms with Crippen molar-refractivity contribution < 1.29 is 14.1 Å². The molecule has 1 aliphatic rings. The number of carbonyl (C=O) groups is 1. The van der Waals surface area contributed by atoms with Gasteiger partial charge in [0.1, 0.15) is 5.75 Å². The molecular formula is C23H26N4O3. The first kappa shape index (κ1) is 19.9. The van der Waals surface area contributed by atoms with Gasteiger partial charge in [0.05, 0.1) is 6.04 Å². The highest BCUT2D eigenvalue weighted by Gasteiger charge is 2.31. The van der Waals surface area contributed by atoms with Gasteiger partial charge in [-0.1, -0.05) is 35.0 Å². The summed E-state index contributed by atoms with van der Waals surface area (Å²) in [5.41, 5.74) is 3.05. The quantitative estimate of drug-likeness (QED) is 0.643. The number of anilines is 1. The predicted octanol–water partition coefficient (Wildman–Crippen LogP) is 5.02. The molecular weight excluding hydrogens is 380 g/mol. The molecule has 0 saturated carbocycles. The summed E-state index contributed by atoms with van der Waals surface area (Å²) in [5.74, 6) is 1.67. The Morgan fingerprint density at radius 3 is 2.80 bits per heavy atom. The number of nitrogens with zero attached hydrogens (tertiary/aromatic N) is 3. The van der Waals surface area contributed by atoms with Crippen molar-refractivity contribution in [1.29, 1.82) is 0 Å². The zero-order chi connectivity index (χ0) is 20.9. The van der Waals surface area contributed by atoms with Crippen molar-refractivity contribution in [3.8, 4) is 5.75 Å². The second-order valence-electron chi connectivity index (χ2n) is 7.65. The number of hydrogen-bond donors (Lipinski definition) is 1. The van der Waals surface area contributed by atoms with Gasteiger partial charge in [-0.05, 0) is 62.9 Å². The van der Waals surface area contributed by atoms with Crippen LogP contribution in [0, 0.1) is 13.8 Å². The fourth-order valence-corrected chi connectivity index (χ4v) is 3.60. The normalized spacial score (nSPS) is 16.3. The second kappa shape index (κ2) is 8.98. The number of urea groups is 1. The molecule has 7 nitrogen and oxygen atoms in total. The van der Waals surface area contributed by atoms with Gasteiger partial charge >= 0.3 is 6.03 Å². The third kappa shape index (κ3) is 4.79. The van der Waals surface area contributed by atoms with Crippen LogP contribution in [-0.2, 0) is 6.61 Å². The molecule has 0 aliphatic carbocycles. The van der Waals surface area contributed by atoms with Crippen molar-refractivity contribution in [3.63, 3.8) is 0 Å². The molecule has 1 saturated heterocycles. The molecule has 156 valence electrons. The highest BCUT2D eigenvalue weighted by molar-refractivity contribution is 5.89. The topological polar surface area (TPSA) is 80.5 Å². The molecule has 1 atom stereocenters. The first-order valence-electron chi connectivity index (χ1n) is 10.2. The summed E-state index contributed by atoms with van der Waals surface area (Å²) in [5, 5.41) is 7.12. The Morgan fingerprint density at radius 2 is 2.00 bits per heavy atom. The molecule has 1 N–H and O–H groups in total. The lowest BCUT2D eigenvalue weighted by atomic mass is 10.0. The number of hydrogen-bond acceptors (Lipinski definition) is 5. The minimum absolute atomic E-state index is 0.146. The number of aryl methyl sites for hydroxylation is 2. The van der Waals surface area contributed by atoms with E-state index in [-0.39, 0.29) is 18.7 Å². The average Bonchev–Trinajstić information content (AvgIpc) is 3.22. The molecule has 0 radical (unpaired) electrons. The average molecular weight is 406 g/mol. The lowest BCUT2D eigenvalue weighted by molar-refractivity contribution is 0.157. The Labute approximate surface area is 176 Å². The van der Waals surface area contributed by atoms with Gasteiger partial charge in [-0.25, -0.2) is 4.79 Å². The van der Waals surface area contributed by atoms with Gasteiger partial charge in [0.2, 0.25) is 0 Å². The summed E-state index contributed by atoms with van der Waals surface area (Å²) in [4.78, 5) is 19.2. The molecule has 7 heteroatoms. The molecule has 1 aromatic heterocycles. The Balaban J connectivity index is 1.42. The Morgan fingerprint density at radius 1 is 1.17 bits per heavy atom. The van der Waals surface area contributed by atoms with Crippen molar-refractivity contribution in [3.05, 3.63) is 71.4 Å². The summed E-state index contributed by atoms with van der Waals surface area (Å²) in [6.07, 6.45) is 2.78. The van der Waals surface area contributed by atoms with Gasteiger partial charge in [0.25, 0.3) is 5.89 Å². The summed E-state index contributed by atoms with van der Waals surface area (Å²) >= 11 is 0. The maximum Gasteiger partial charge on any atom is 0.322 e. The molecule has 3 aromatic rings. The van der Waals surface area contributed by atoms with Crippen LogP contribution in [-0.4, -0.2) is 27.6 Å². The molecule has 30 heavy (non-hydrogen) atoms. The van der Waals surface area contributed by atoms with E-state index >= 15 is 0 Å². The van der Waals surface area contributed by atoms with Crippen LogP contribution in [0.5, 0.6) is 5.75 Å². The maximum absolute atomic E-state index is 12.9. The Kier molecular flexibility index (Phi) is 5.97. The molecule has 1 unspecified atom stereocenters. The number of rotatable bonds is 5. The van der Waals surface area contributed by atoms with Crippen LogP contribution in [0.1, 0.15) is 48.1 Å². The number of benzene rings is 2. The number of ether oxygens (including phenoxy) is 1. The zero-order valence-electron chi connectivity index (χ0n) is 17.3. The largest absolute Gasteiger partial charge is 0.484 e. The Bertz CT molecular complexity index is 1000. The van der Waals surface area contributed by atoms with Crippen molar-refractivity contribution in [1.82, 2.24) is 15.0 Å². The van der Waals surface area contributed by atoms with Crippen molar-refractivity contribution in [2.75, 3.05) is 11.9 Å². The molecule has 2 aromatic carbocycles. The smallest absolute Gasteiger partial charge is 0.322 e. The van der Waals surface area contributed by atoms with E-state index in [1.54, 1.807) is 4.90 Å². The summed E-state index contributed by atoms with van der Waals surface area (Å²) in [6.45, 7) is 4.88. The van der Waals surface area contributed by atoms with Crippen LogP contribution >= 0.6 is 0 Å². The molecule has 1 aliphatic heterocycles. The van der Waals surface area contributed by atoms with E-state index in [1.807, 2.05) is 62.4 Å². The van der Waals surface area contributed by atoms with Gasteiger partial charge in [-0.2, -0.15) is 4.98 Å². The van der Waals surface area contributed by atoms with E-state index in [2.05, 4.69) is 15.5 Å². The summed E-state index contributed by atoms with van der Waals surface area (Å²) in [7, 11) is 0. The number of nitrogens with one attached hydrogen (secondary N) is 1. The lowest BCUT2D eigenvalue weighted by Gasteiger charge is -2.33. The molecule has 2 heterocycles. The SMILES string of the molecule is Cc1ccc(OCc2nc(C3CCCCN3C(=O)Nc3cccc(C)c3)no2)cc1. The first-order valence-corrected chi connectivity index (χ1v) is 10.2. The fraction of sp³-hybridized carbons (Fsp3) is 0.348. The number of aromatic nitrogens is 2. The summed E-state index contributed by atoms with van der Waals surface area (Å²) < 4.78 is 11.1. The molecule has 4 rings (SSSR count). The van der Waals surface area contributed by atoms with Gasteiger partial charge < -0.3 is 19.5 Å². The highest BCUT2D eigenvalue weighted by atomic mass is 16.5.